The average Bonchev–Trinajstić information content (AvgIpc) is 2.40. The SMILES string of the molecule is CC(NCc1ccc(Br)cc1)c1cc(Br)ccc1F. The number of rotatable bonds is 4. The molecular formula is C15H14Br2FN. The Hall–Kier alpha value is -0.710. The largest absolute Gasteiger partial charge is 0.306 e. The molecule has 1 nitrogen and oxygen atoms in total. The zero-order valence-corrected chi connectivity index (χ0v) is 13.6. The normalized spacial score (nSPS) is 12.4. The van der Waals surface area contributed by atoms with Crippen molar-refractivity contribution in [2.24, 2.45) is 0 Å². The van der Waals surface area contributed by atoms with Gasteiger partial charge in [-0.1, -0.05) is 44.0 Å². The summed E-state index contributed by atoms with van der Waals surface area (Å²) in [6.45, 7) is 2.67. The van der Waals surface area contributed by atoms with E-state index in [0.29, 0.717) is 12.1 Å². The Bertz CT molecular complexity index is 555. The fourth-order valence-corrected chi connectivity index (χ4v) is 2.47. The van der Waals surface area contributed by atoms with Crippen LogP contribution in [0.3, 0.4) is 0 Å². The zero-order chi connectivity index (χ0) is 13.8. The van der Waals surface area contributed by atoms with E-state index in [1.807, 2.05) is 37.3 Å². The first-order valence-corrected chi connectivity index (χ1v) is 7.57. The maximum atomic E-state index is 13.7. The summed E-state index contributed by atoms with van der Waals surface area (Å²) in [7, 11) is 0. The van der Waals surface area contributed by atoms with Crippen molar-refractivity contribution >= 4 is 31.9 Å². The van der Waals surface area contributed by atoms with E-state index in [9.17, 15) is 4.39 Å². The Kier molecular flexibility index (Phi) is 5.13. The van der Waals surface area contributed by atoms with Gasteiger partial charge in [-0.25, -0.2) is 4.39 Å². The smallest absolute Gasteiger partial charge is 0.128 e. The van der Waals surface area contributed by atoms with E-state index in [-0.39, 0.29) is 11.9 Å². The van der Waals surface area contributed by atoms with Crippen LogP contribution in [-0.2, 0) is 6.54 Å². The zero-order valence-electron chi connectivity index (χ0n) is 10.5. The molecule has 4 heteroatoms. The van der Waals surface area contributed by atoms with E-state index >= 15 is 0 Å². The summed E-state index contributed by atoms with van der Waals surface area (Å²) in [5, 5.41) is 3.33. The van der Waals surface area contributed by atoms with E-state index in [0.717, 1.165) is 8.95 Å². The summed E-state index contributed by atoms with van der Waals surface area (Å²) >= 11 is 6.77. The van der Waals surface area contributed by atoms with Crippen molar-refractivity contribution in [1.82, 2.24) is 5.32 Å². The van der Waals surface area contributed by atoms with Gasteiger partial charge in [-0.05, 0) is 42.8 Å². The van der Waals surface area contributed by atoms with Crippen LogP contribution in [0.4, 0.5) is 4.39 Å². The molecule has 1 atom stereocenters. The van der Waals surface area contributed by atoms with E-state index in [4.69, 9.17) is 0 Å². The lowest BCUT2D eigenvalue weighted by Gasteiger charge is -2.15. The third-order valence-corrected chi connectivity index (χ3v) is 3.97. The van der Waals surface area contributed by atoms with Crippen molar-refractivity contribution < 1.29 is 4.39 Å². The van der Waals surface area contributed by atoms with Crippen molar-refractivity contribution in [3.8, 4) is 0 Å². The molecule has 19 heavy (non-hydrogen) atoms. The van der Waals surface area contributed by atoms with Crippen LogP contribution in [0.1, 0.15) is 24.1 Å². The number of halogens is 3. The summed E-state index contributed by atoms with van der Waals surface area (Å²) in [6, 6.07) is 13.1. The minimum atomic E-state index is -0.181. The van der Waals surface area contributed by atoms with Crippen molar-refractivity contribution in [2.45, 2.75) is 19.5 Å². The molecule has 0 saturated carbocycles. The molecule has 0 saturated heterocycles. The molecule has 2 aromatic carbocycles. The standard InChI is InChI=1S/C15H14Br2FN/c1-10(14-8-13(17)6-7-15(14)18)19-9-11-2-4-12(16)5-3-11/h2-8,10,19H,9H2,1H3. The lowest BCUT2D eigenvalue weighted by Crippen LogP contribution is -2.19. The van der Waals surface area contributed by atoms with Gasteiger partial charge in [-0.2, -0.15) is 0 Å². The Morgan fingerprint density at radius 1 is 1.05 bits per heavy atom. The summed E-state index contributed by atoms with van der Waals surface area (Å²) < 4.78 is 15.7. The third-order valence-electron chi connectivity index (χ3n) is 2.95. The molecule has 2 aromatic rings. The van der Waals surface area contributed by atoms with Gasteiger partial charge in [0.2, 0.25) is 0 Å². The van der Waals surface area contributed by atoms with Crippen molar-refractivity contribution in [3.05, 3.63) is 68.4 Å². The van der Waals surface area contributed by atoms with E-state index in [1.165, 1.54) is 11.6 Å². The minimum absolute atomic E-state index is 0.0406. The fourth-order valence-electron chi connectivity index (χ4n) is 1.83. The Balaban J connectivity index is 2.03. The molecule has 0 heterocycles. The maximum absolute atomic E-state index is 13.7. The van der Waals surface area contributed by atoms with Gasteiger partial charge in [0.1, 0.15) is 5.82 Å². The van der Waals surface area contributed by atoms with E-state index < -0.39 is 0 Å². The molecule has 0 aliphatic heterocycles. The lowest BCUT2D eigenvalue weighted by molar-refractivity contribution is 0.528. The predicted molar refractivity (Wildman–Crippen MR) is 83.5 cm³/mol. The highest BCUT2D eigenvalue weighted by molar-refractivity contribution is 9.10. The van der Waals surface area contributed by atoms with Crippen LogP contribution in [0.15, 0.2) is 51.4 Å². The van der Waals surface area contributed by atoms with Crippen LogP contribution in [0.5, 0.6) is 0 Å². The van der Waals surface area contributed by atoms with Crippen LogP contribution >= 0.6 is 31.9 Å². The summed E-state index contributed by atoms with van der Waals surface area (Å²) in [5.41, 5.74) is 1.84. The van der Waals surface area contributed by atoms with E-state index in [2.05, 4.69) is 37.2 Å². The van der Waals surface area contributed by atoms with Gasteiger partial charge in [0, 0.05) is 27.1 Å². The van der Waals surface area contributed by atoms with Crippen LogP contribution in [0, 0.1) is 5.82 Å². The molecule has 0 aliphatic rings. The van der Waals surface area contributed by atoms with Crippen LogP contribution in [0.2, 0.25) is 0 Å². The first-order valence-electron chi connectivity index (χ1n) is 5.99. The lowest BCUT2D eigenvalue weighted by atomic mass is 10.1. The van der Waals surface area contributed by atoms with Crippen molar-refractivity contribution in [2.75, 3.05) is 0 Å². The van der Waals surface area contributed by atoms with Crippen LogP contribution in [0.25, 0.3) is 0 Å². The molecule has 0 amide bonds. The highest BCUT2D eigenvalue weighted by Gasteiger charge is 2.10. The molecule has 1 unspecified atom stereocenters. The summed E-state index contributed by atoms with van der Waals surface area (Å²) in [5.74, 6) is -0.181. The Morgan fingerprint density at radius 2 is 1.68 bits per heavy atom. The second-order valence-corrected chi connectivity index (χ2v) is 6.23. The second-order valence-electron chi connectivity index (χ2n) is 4.39. The Labute approximate surface area is 129 Å². The highest BCUT2D eigenvalue weighted by atomic mass is 79.9. The monoisotopic (exact) mass is 385 g/mol. The van der Waals surface area contributed by atoms with Gasteiger partial charge in [-0.15, -0.1) is 0 Å². The van der Waals surface area contributed by atoms with Gasteiger partial charge in [0.05, 0.1) is 0 Å². The summed E-state index contributed by atoms with van der Waals surface area (Å²) in [6.07, 6.45) is 0. The Morgan fingerprint density at radius 3 is 2.37 bits per heavy atom. The van der Waals surface area contributed by atoms with Crippen LogP contribution < -0.4 is 5.32 Å². The first-order chi connectivity index (χ1) is 9.06. The molecule has 100 valence electrons. The number of benzene rings is 2. The number of hydrogen-bond acceptors (Lipinski definition) is 1. The van der Waals surface area contributed by atoms with Crippen molar-refractivity contribution in [1.29, 1.82) is 0 Å². The molecular weight excluding hydrogens is 373 g/mol. The minimum Gasteiger partial charge on any atom is -0.306 e. The van der Waals surface area contributed by atoms with Crippen LogP contribution in [-0.4, -0.2) is 0 Å². The van der Waals surface area contributed by atoms with E-state index in [1.54, 1.807) is 6.07 Å². The topological polar surface area (TPSA) is 12.0 Å². The molecule has 0 radical (unpaired) electrons. The summed E-state index contributed by atoms with van der Waals surface area (Å²) in [4.78, 5) is 0. The molecule has 2 rings (SSSR count). The molecule has 0 aliphatic carbocycles. The van der Waals surface area contributed by atoms with Gasteiger partial charge in [0.15, 0.2) is 0 Å². The first kappa shape index (κ1) is 14.7. The predicted octanol–water partition coefficient (Wildman–Crippen LogP) is 5.20. The highest BCUT2D eigenvalue weighted by Crippen LogP contribution is 2.22. The molecule has 0 bridgehead atoms. The molecule has 0 fully saturated rings. The van der Waals surface area contributed by atoms with Gasteiger partial charge < -0.3 is 5.32 Å². The van der Waals surface area contributed by atoms with Gasteiger partial charge in [-0.3, -0.25) is 0 Å². The number of nitrogens with one attached hydrogen (secondary N) is 1. The number of hydrogen-bond donors (Lipinski definition) is 1. The molecule has 0 spiro atoms. The van der Waals surface area contributed by atoms with Gasteiger partial charge >= 0.3 is 0 Å². The van der Waals surface area contributed by atoms with Gasteiger partial charge in [0.25, 0.3) is 0 Å². The molecule has 1 N–H and O–H groups in total. The fraction of sp³-hybridized carbons (Fsp3) is 0.200. The quantitative estimate of drug-likeness (QED) is 0.761. The average molecular weight is 387 g/mol. The second kappa shape index (κ2) is 6.64. The van der Waals surface area contributed by atoms with Crippen molar-refractivity contribution in [3.63, 3.8) is 0 Å². The third kappa shape index (κ3) is 4.13. The maximum Gasteiger partial charge on any atom is 0.128 e. The molecule has 0 aromatic heterocycles.